The van der Waals surface area contributed by atoms with Gasteiger partial charge in [0.15, 0.2) is 9.84 Å². The second-order valence-electron chi connectivity index (χ2n) is 5.20. The predicted molar refractivity (Wildman–Crippen MR) is 89.6 cm³/mol. The van der Waals surface area contributed by atoms with E-state index in [0.717, 1.165) is 10.6 Å². The van der Waals surface area contributed by atoms with E-state index in [1.165, 1.54) is 49.5 Å². The molecule has 0 aliphatic carbocycles. The molecular weight excluding hydrogens is 377 g/mol. The van der Waals surface area contributed by atoms with Crippen LogP contribution in [0.4, 0.5) is 4.39 Å². The number of sulfone groups is 1. The topological polar surface area (TPSA) is 71.5 Å². The van der Waals surface area contributed by atoms with Gasteiger partial charge in [0.25, 0.3) is 0 Å². The lowest BCUT2D eigenvalue weighted by molar-refractivity contribution is 0.456. The maximum atomic E-state index is 13.8. The lowest BCUT2D eigenvalue weighted by Gasteiger charge is -2.18. The van der Waals surface area contributed by atoms with Crippen LogP contribution in [0.1, 0.15) is 5.56 Å². The van der Waals surface area contributed by atoms with Gasteiger partial charge in [0.05, 0.1) is 9.79 Å². The summed E-state index contributed by atoms with van der Waals surface area (Å²) in [5.74, 6) is -0.600. The van der Waals surface area contributed by atoms with Crippen molar-refractivity contribution in [2.75, 3.05) is 13.3 Å². The third-order valence-electron chi connectivity index (χ3n) is 3.40. The largest absolute Gasteiger partial charge is 0.243 e. The average Bonchev–Trinajstić information content (AvgIpc) is 2.50. The molecular formula is C15H15ClFNO4S2. The molecule has 0 heterocycles. The highest BCUT2D eigenvalue weighted by molar-refractivity contribution is 7.90. The van der Waals surface area contributed by atoms with Crippen molar-refractivity contribution < 1.29 is 21.2 Å². The number of hydrogen-bond donors (Lipinski definition) is 0. The highest BCUT2D eigenvalue weighted by Crippen LogP contribution is 2.24. The van der Waals surface area contributed by atoms with Crippen molar-refractivity contribution in [3.63, 3.8) is 0 Å². The van der Waals surface area contributed by atoms with Crippen LogP contribution in [0.25, 0.3) is 0 Å². The molecule has 5 nitrogen and oxygen atoms in total. The highest BCUT2D eigenvalue weighted by atomic mass is 35.5. The van der Waals surface area contributed by atoms with E-state index in [-0.39, 0.29) is 26.9 Å². The molecule has 0 N–H and O–H groups in total. The molecule has 2 aromatic rings. The molecule has 0 radical (unpaired) electrons. The summed E-state index contributed by atoms with van der Waals surface area (Å²) >= 11 is 5.91. The SMILES string of the molecule is CN(Cc1c(F)cccc1Cl)S(=O)(=O)c1ccc(S(C)(=O)=O)cc1. The van der Waals surface area contributed by atoms with E-state index >= 15 is 0 Å². The molecule has 0 spiro atoms. The lowest BCUT2D eigenvalue weighted by atomic mass is 10.2. The van der Waals surface area contributed by atoms with E-state index in [9.17, 15) is 21.2 Å². The second-order valence-corrected chi connectivity index (χ2v) is 9.67. The van der Waals surface area contributed by atoms with E-state index in [1.54, 1.807) is 0 Å². The lowest BCUT2D eigenvalue weighted by Crippen LogP contribution is -2.27. The Balaban J connectivity index is 2.33. The summed E-state index contributed by atoms with van der Waals surface area (Å²) in [6, 6.07) is 8.93. The Morgan fingerprint density at radius 2 is 1.54 bits per heavy atom. The Labute approximate surface area is 145 Å². The van der Waals surface area contributed by atoms with Crippen LogP contribution in [0.2, 0.25) is 5.02 Å². The fourth-order valence-electron chi connectivity index (χ4n) is 2.03. The molecule has 9 heteroatoms. The summed E-state index contributed by atoms with van der Waals surface area (Å²) in [5, 5.41) is 0.129. The third-order valence-corrected chi connectivity index (χ3v) is 6.70. The Kier molecular flexibility index (Phi) is 5.34. The first-order valence-electron chi connectivity index (χ1n) is 6.73. The monoisotopic (exact) mass is 391 g/mol. The minimum atomic E-state index is -3.92. The maximum absolute atomic E-state index is 13.8. The number of halogens is 2. The van der Waals surface area contributed by atoms with Gasteiger partial charge in [-0.15, -0.1) is 0 Å². The highest BCUT2D eigenvalue weighted by Gasteiger charge is 2.23. The Bertz CT molecular complexity index is 937. The van der Waals surface area contributed by atoms with Crippen molar-refractivity contribution in [2.45, 2.75) is 16.3 Å². The molecule has 130 valence electrons. The molecule has 0 bridgehead atoms. The maximum Gasteiger partial charge on any atom is 0.243 e. The summed E-state index contributed by atoms with van der Waals surface area (Å²) in [4.78, 5) is -0.0777. The second kappa shape index (κ2) is 6.79. The first-order chi connectivity index (χ1) is 11.0. The van der Waals surface area contributed by atoms with Crippen molar-refractivity contribution in [1.82, 2.24) is 4.31 Å². The van der Waals surface area contributed by atoms with Crippen LogP contribution >= 0.6 is 11.6 Å². The van der Waals surface area contributed by atoms with E-state index in [1.807, 2.05) is 0 Å². The molecule has 2 aromatic carbocycles. The van der Waals surface area contributed by atoms with Gasteiger partial charge < -0.3 is 0 Å². The molecule has 24 heavy (non-hydrogen) atoms. The van der Waals surface area contributed by atoms with Gasteiger partial charge in [0.2, 0.25) is 10.0 Å². The van der Waals surface area contributed by atoms with Crippen LogP contribution in [-0.4, -0.2) is 34.4 Å². The van der Waals surface area contributed by atoms with Crippen LogP contribution < -0.4 is 0 Å². The number of hydrogen-bond acceptors (Lipinski definition) is 4. The van der Waals surface area contributed by atoms with E-state index in [2.05, 4.69) is 0 Å². The molecule has 0 aromatic heterocycles. The molecule has 0 atom stereocenters. The Morgan fingerprint density at radius 1 is 1.00 bits per heavy atom. The molecule has 0 fully saturated rings. The normalized spacial score (nSPS) is 12.5. The number of nitrogens with zero attached hydrogens (tertiary/aromatic N) is 1. The quantitative estimate of drug-likeness (QED) is 0.785. The molecule has 2 rings (SSSR count). The van der Waals surface area contributed by atoms with Crippen molar-refractivity contribution in [1.29, 1.82) is 0 Å². The zero-order valence-corrected chi connectivity index (χ0v) is 15.3. The van der Waals surface area contributed by atoms with Crippen LogP contribution in [-0.2, 0) is 26.4 Å². The number of sulfonamides is 1. The van der Waals surface area contributed by atoms with Gasteiger partial charge in [-0.05, 0) is 36.4 Å². The molecule has 0 amide bonds. The first kappa shape index (κ1) is 18.9. The molecule has 0 saturated carbocycles. The molecule has 0 aliphatic heterocycles. The minimum absolute atomic E-state index is 0.0150. The van der Waals surface area contributed by atoms with Crippen LogP contribution in [0.5, 0.6) is 0 Å². The minimum Gasteiger partial charge on any atom is -0.224 e. The fraction of sp³-hybridized carbons (Fsp3) is 0.200. The van der Waals surface area contributed by atoms with Crippen molar-refractivity contribution in [3.05, 3.63) is 58.9 Å². The van der Waals surface area contributed by atoms with Gasteiger partial charge in [0, 0.05) is 30.4 Å². The number of rotatable bonds is 5. The van der Waals surface area contributed by atoms with Gasteiger partial charge in [0.1, 0.15) is 5.82 Å². The van der Waals surface area contributed by atoms with Gasteiger partial charge in [-0.3, -0.25) is 0 Å². The van der Waals surface area contributed by atoms with Crippen LogP contribution in [0, 0.1) is 5.82 Å². The number of benzene rings is 2. The molecule has 0 unspecified atom stereocenters. The van der Waals surface area contributed by atoms with E-state index in [4.69, 9.17) is 11.6 Å². The van der Waals surface area contributed by atoms with Crippen LogP contribution in [0.15, 0.2) is 52.3 Å². The van der Waals surface area contributed by atoms with Gasteiger partial charge in [-0.25, -0.2) is 21.2 Å². The third kappa shape index (κ3) is 3.94. The summed E-state index contributed by atoms with van der Waals surface area (Å²) in [5.41, 5.74) is 0.0676. The van der Waals surface area contributed by atoms with Crippen LogP contribution in [0.3, 0.4) is 0 Å². The van der Waals surface area contributed by atoms with Gasteiger partial charge in [-0.2, -0.15) is 4.31 Å². The summed E-state index contributed by atoms with van der Waals surface area (Å²) in [6.07, 6.45) is 1.03. The standard InChI is InChI=1S/C15H15ClFNO4S2/c1-18(10-13-14(16)4-3-5-15(13)17)24(21,22)12-8-6-11(7-9-12)23(2,19)20/h3-9H,10H2,1-2H3. The van der Waals surface area contributed by atoms with Crippen molar-refractivity contribution >= 4 is 31.5 Å². The summed E-state index contributed by atoms with van der Waals surface area (Å²) < 4.78 is 62.7. The summed E-state index contributed by atoms with van der Waals surface area (Å²) in [7, 11) is -6.05. The molecule has 0 aliphatic rings. The van der Waals surface area contributed by atoms with E-state index < -0.39 is 25.7 Å². The van der Waals surface area contributed by atoms with Gasteiger partial charge >= 0.3 is 0 Å². The fourth-order valence-corrected chi connectivity index (χ4v) is 4.02. The van der Waals surface area contributed by atoms with E-state index in [0.29, 0.717) is 0 Å². The summed E-state index contributed by atoms with van der Waals surface area (Å²) in [6.45, 7) is -0.248. The molecule has 0 saturated heterocycles. The smallest absolute Gasteiger partial charge is 0.224 e. The average molecular weight is 392 g/mol. The first-order valence-corrected chi connectivity index (χ1v) is 10.4. The van der Waals surface area contributed by atoms with Crippen molar-refractivity contribution in [2.24, 2.45) is 0 Å². The van der Waals surface area contributed by atoms with Gasteiger partial charge in [-0.1, -0.05) is 17.7 Å². The zero-order chi connectivity index (χ0) is 18.1. The predicted octanol–water partition coefficient (Wildman–Crippen LogP) is 2.70. The van der Waals surface area contributed by atoms with Crippen molar-refractivity contribution in [3.8, 4) is 0 Å². The Hall–Kier alpha value is -1.48. The zero-order valence-electron chi connectivity index (χ0n) is 12.9. The Morgan fingerprint density at radius 3 is 2.04 bits per heavy atom.